The summed E-state index contributed by atoms with van der Waals surface area (Å²) in [5.74, 6) is 0.211. The first-order valence-electron chi connectivity index (χ1n) is 4.53. The lowest BCUT2D eigenvalue weighted by molar-refractivity contribution is -0.117. The number of hydrogen-bond acceptors (Lipinski definition) is 4. The first-order chi connectivity index (χ1) is 6.33. The molecule has 4 nitrogen and oxygen atoms in total. The van der Waals surface area contributed by atoms with E-state index in [9.17, 15) is 4.79 Å². The van der Waals surface area contributed by atoms with Gasteiger partial charge in [0, 0.05) is 20.1 Å². The zero-order valence-electron chi connectivity index (χ0n) is 7.95. The van der Waals surface area contributed by atoms with Gasteiger partial charge < -0.3 is 14.2 Å². The smallest absolute Gasteiger partial charge is 0.161 e. The van der Waals surface area contributed by atoms with Gasteiger partial charge in [0.15, 0.2) is 5.78 Å². The van der Waals surface area contributed by atoms with Crippen molar-refractivity contribution >= 4 is 5.78 Å². The van der Waals surface area contributed by atoms with Crippen molar-refractivity contribution in [3.8, 4) is 0 Å². The molecule has 0 aromatic carbocycles. The summed E-state index contributed by atoms with van der Waals surface area (Å²) in [6.45, 7) is 1.30. The van der Waals surface area contributed by atoms with Crippen molar-refractivity contribution in [3.05, 3.63) is 0 Å². The van der Waals surface area contributed by atoms with Gasteiger partial charge in [-0.05, 0) is 12.8 Å². The summed E-state index contributed by atoms with van der Waals surface area (Å²) >= 11 is 0. The summed E-state index contributed by atoms with van der Waals surface area (Å²) in [7, 11) is 1.60. The summed E-state index contributed by atoms with van der Waals surface area (Å²) in [4.78, 5) is 10.8. The summed E-state index contributed by atoms with van der Waals surface area (Å²) in [6, 6.07) is 0. The molecule has 1 rings (SSSR count). The second-order valence-corrected chi connectivity index (χ2v) is 3.13. The van der Waals surface area contributed by atoms with Crippen molar-refractivity contribution in [1.29, 1.82) is 0 Å². The molecule has 1 fully saturated rings. The van der Waals surface area contributed by atoms with Crippen LogP contribution >= 0.6 is 0 Å². The van der Waals surface area contributed by atoms with Crippen LogP contribution in [0.4, 0.5) is 0 Å². The fourth-order valence-corrected chi connectivity index (χ4v) is 1.32. The molecular weight excluding hydrogens is 172 g/mol. The maximum atomic E-state index is 10.8. The highest BCUT2D eigenvalue weighted by Crippen LogP contribution is 2.14. The van der Waals surface area contributed by atoms with Crippen LogP contribution in [0, 0.1) is 0 Å². The first kappa shape index (κ1) is 10.6. The summed E-state index contributed by atoms with van der Waals surface area (Å²) in [5.41, 5.74) is 0. The molecule has 1 heterocycles. The molecule has 1 aliphatic rings. The average Bonchev–Trinajstić information content (AvgIpc) is 2.51. The van der Waals surface area contributed by atoms with Crippen molar-refractivity contribution in [2.45, 2.75) is 25.4 Å². The fraction of sp³-hybridized carbons (Fsp3) is 0.889. The van der Waals surface area contributed by atoms with Crippen molar-refractivity contribution in [2.75, 3.05) is 27.1 Å². The molecule has 0 aliphatic carbocycles. The lowest BCUT2D eigenvalue weighted by atomic mass is 10.1. The fourth-order valence-electron chi connectivity index (χ4n) is 1.32. The number of hydrogen-bond donors (Lipinski definition) is 0. The zero-order chi connectivity index (χ0) is 9.52. The number of ether oxygens (including phenoxy) is 3. The van der Waals surface area contributed by atoms with E-state index in [2.05, 4.69) is 0 Å². The maximum absolute atomic E-state index is 10.8. The van der Waals surface area contributed by atoms with Crippen molar-refractivity contribution in [2.24, 2.45) is 0 Å². The molecular formula is C9H16O4. The molecule has 1 unspecified atom stereocenters. The van der Waals surface area contributed by atoms with Crippen molar-refractivity contribution < 1.29 is 19.0 Å². The summed E-state index contributed by atoms with van der Waals surface area (Å²) in [5, 5.41) is 0. The van der Waals surface area contributed by atoms with E-state index in [1.807, 2.05) is 0 Å². The van der Waals surface area contributed by atoms with Gasteiger partial charge in [0.2, 0.25) is 0 Å². The number of Topliss-reactive ketones (excluding diaryl/α,β-unsaturated/α-hetero) is 1. The number of carbonyl (C=O) groups excluding carboxylic acids is 1. The van der Waals surface area contributed by atoms with Crippen LogP contribution in [-0.2, 0) is 19.0 Å². The third kappa shape index (κ3) is 4.36. The number of methoxy groups -OCH3 is 1. The molecule has 0 radical (unpaired) electrons. The lowest BCUT2D eigenvalue weighted by Gasteiger charge is -2.07. The zero-order valence-corrected chi connectivity index (χ0v) is 7.95. The topological polar surface area (TPSA) is 44.8 Å². The van der Waals surface area contributed by atoms with Crippen LogP contribution in [0.15, 0.2) is 0 Å². The molecule has 4 heteroatoms. The van der Waals surface area contributed by atoms with Crippen molar-refractivity contribution in [3.63, 3.8) is 0 Å². The third-order valence-electron chi connectivity index (χ3n) is 1.95. The van der Waals surface area contributed by atoms with Gasteiger partial charge >= 0.3 is 0 Å². The standard InChI is InChI=1S/C9H16O4/c1-11-7-12-4-2-3-9-5-8(10)6-13-9/h9H,2-7H2,1H3. The molecule has 0 amide bonds. The van der Waals surface area contributed by atoms with E-state index in [1.165, 1.54) is 0 Å². The van der Waals surface area contributed by atoms with E-state index in [0.29, 0.717) is 26.4 Å². The number of rotatable bonds is 6. The van der Waals surface area contributed by atoms with Crippen LogP contribution in [0.3, 0.4) is 0 Å². The highest BCUT2D eigenvalue weighted by atomic mass is 16.7. The normalized spacial score (nSPS) is 22.5. The van der Waals surface area contributed by atoms with E-state index in [4.69, 9.17) is 14.2 Å². The minimum atomic E-state index is 0.124. The molecule has 0 spiro atoms. The van der Waals surface area contributed by atoms with E-state index >= 15 is 0 Å². The average molecular weight is 188 g/mol. The molecule has 0 aromatic rings. The molecule has 0 saturated carbocycles. The molecule has 0 aromatic heterocycles. The Hall–Kier alpha value is -0.450. The molecule has 76 valence electrons. The summed E-state index contributed by atoms with van der Waals surface area (Å²) < 4.78 is 15.1. The van der Waals surface area contributed by atoms with Crippen molar-refractivity contribution in [1.82, 2.24) is 0 Å². The number of carbonyl (C=O) groups is 1. The third-order valence-corrected chi connectivity index (χ3v) is 1.95. The largest absolute Gasteiger partial charge is 0.370 e. The predicted octanol–water partition coefficient (Wildman–Crippen LogP) is 0.745. The number of ketones is 1. The minimum Gasteiger partial charge on any atom is -0.370 e. The highest BCUT2D eigenvalue weighted by Gasteiger charge is 2.21. The van der Waals surface area contributed by atoms with E-state index in [0.717, 1.165) is 12.8 Å². The van der Waals surface area contributed by atoms with Gasteiger partial charge in [-0.3, -0.25) is 4.79 Å². The van der Waals surface area contributed by atoms with Crippen LogP contribution in [0.1, 0.15) is 19.3 Å². The first-order valence-corrected chi connectivity index (χ1v) is 4.53. The molecule has 0 N–H and O–H groups in total. The molecule has 13 heavy (non-hydrogen) atoms. The Balaban J connectivity index is 1.91. The van der Waals surface area contributed by atoms with Gasteiger partial charge in [0.05, 0.1) is 6.10 Å². The van der Waals surface area contributed by atoms with Crippen LogP contribution < -0.4 is 0 Å². The Morgan fingerprint density at radius 1 is 1.62 bits per heavy atom. The maximum Gasteiger partial charge on any atom is 0.161 e. The second-order valence-electron chi connectivity index (χ2n) is 3.13. The van der Waals surface area contributed by atoms with Gasteiger partial charge in [-0.1, -0.05) is 0 Å². The Labute approximate surface area is 78.2 Å². The molecule has 1 saturated heterocycles. The Kier molecular flexibility index (Phi) is 4.97. The van der Waals surface area contributed by atoms with E-state index in [-0.39, 0.29) is 11.9 Å². The highest BCUT2D eigenvalue weighted by molar-refractivity contribution is 5.81. The second kappa shape index (κ2) is 6.07. The van der Waals surface area contributed by atoms with Crippen LogP contribution in [0.25, 0.3) is 0 Å². The molecule has 1 aliphatic heterocycles. The van der Waals surface area contributed by atoms with Gasteiger partial charge in [0.1, 0.15) is 13.4 Å². The predicted molar refractivity (Wildman–Crippen MR) is 46.4 cm³/mol. The van der Waals surface area contributed by atoms with E-state index < -0.39 is 0 Å². The lowest BCUT2D eigenvalue weighted by Crippen LogP contribution is -2.07. The minimum absolute atomic E-state index is 0.124. The Morgan fingerprint density at radius 2 is 2.46 bits per heavy atom. The van der Waals surface area contributed by atoms with Gasteiger partial charge in [-0.15, -0.1) is 0 Å². The van der Waals surface area contributed by atoms with Crippen LogP contribution in [0.2, 0.25) is 0 Å². The summed E-state index contributed by atoms with van der Waals surface area (Å²) in [6.07, 6.45) is 2.51. The van der Waals surface area contributed by atoms with Gasteiger partial charge in [-0.2, -0.15) is 0 Å². The molecule has 0 bridgehead atoms. The van der Waals surface area contributed by atoms with E-state index in [1.54, 1.807) is 7.11 Å². The van der Waals surface area contributed by atoms with Gasteiger partial charge in [0.25, 0.3) is 0 Å². The van der Waals surface area contributed by atoms with Crippen LogP contribution in [0.5, 0.6) is 0 Å². The molecule has 1 atom stereocenters. The monoisotopic (exact) mass is 188 g/mol. The Bertz CT molecular complexity index is 158. The van der Waals surface area contributed by atoms with Gasteiger partial charge in [-0.25, -0.2) is 0 Å². The Morgan fingerprint density at radius 3 is 3.08 bits per heavy atom. The quantitative estimate of drug-likeness (QED) is 0.455. The SMILES string of the molecule is COCOCCCC1CC(=O)CO1. The van der Waals surface area contributed by atoms with Crippen LogP contribution in [-0.4, -0.2) is 39.0 Å².